The van der Waals surface area contributed by atoms with Crippen LogP contribution in [-0.4, -0.2) is 34.7 Å². The number of carbonyl (C=O) groups excluding carboxylic acids is 2. The first-order valence-corrected chi connectivity index (χ1v) is 9.16. The summed E-state index contributed by atoms with van der Waals surface area (Å²) in [7, 11) is 2.29. The topological polar surface area (TPSA) is 79.7 Å². The fourth-order valence-corrected chi connectivity index (χ4v) is 2.89. The number of carbonyl (C=O) groups is 2. The third-order valence-electron chi connectivity index (χ3n) is 3.09. The molecule has 27 heavy (non-hydrogen) atoms. The molecule has 0 N–H and O–H groups in total. The number of hydrogen-bond donors (Lipinski definition) is 0. The van der Waals surface area contributed by atoms with Crippen molar-refractivity contribution in [3.8, 4) is 11.6 Å². The van der Waals surface area contributed by atoms with Crippen LogP contribution in [0.5, 0.6) is 11.6 Å². The highest BCUT2D eigenvalue weighted by Crippen LogP contribution is 2.33. The number of benzene rings is 1. The summed E-state index contributed by atoms with van der Waals surface area (Å²) in [5.74, 6) is -0.726. The minimum absolute atomic E-state index is 0.0180. The standard InChI is InChI=1S/C17H17Cl2N2O5P/c1-3-24-14(22)6-5-13-15(17(23)25-4-2)20-21(27)16(13)26-12-8-10(18)7-11(19)9-12/h5-9H,3-4,27H2,1-2H3/b6-5+. The van der Waals surface area contributed by atoms with Gasteiger partial charge in [0.1, 0.15) is 5.75 Å². The van der Waals surface area contributed by atoms with Crippen molar-refractivity contribution < 1.29 is 23.8 Å². The minimum Gasteiger partial charge on any atom is -0.463 e. The van der Waals surface area contributed by atoms with Crippen LogP contribution in [0.25, 0.3) is 6.08 Å². The van der Waals surface area contributed by atoms with E-state index in [2.05, 4.69) is 14.5 Å². The highest BCUT2D eigenvalue weighted by atomic mass is 35.5. The van der Waals surface area contributed by atoms with E-state index in [-0.39, 0.29) is 30.4 Å². The van der Waals surface area contributed by atoms with Crippen LogP contribution in [-0.2, 0) is 14.3 Å². The number of hydrogen-bond acceptors (Lipinski definition) is 6. The lowest BCUT2D eigenvalue weighted by molar-refractivity contribution is -0.137. The van der Waals surface area contributed by atoms with Crippen LogP contribution in [0.2, 0.25) is 10.0 Å². The predicted molar refractivity (Wildman–Crippen MR) is 105 cm³/mol. The fraction of sp³-hybridized carbons (Fsp3) is 0.235. The van der Waals surface area contributed by atoms with Gasteiger partial charge in [-0.2, -0.15) is 5.10 Å². The van der Waals surface area contributed by atoms with Crippen LogP contribution in [0.4, 0.5) is 0 Å². The van der Waals surface area contributed by atoms with Crippen molar-refractivity contribution in [2.45, 2.75) is 13.8 Å². The number of nitrogens with zero attached hydrogens (tertiary/aromatic N) is 2. The molecule has 10 heteroatoms. The van der Waals surface area contributed by atoms with E-state index in [4.69, 9.17) is 37.4 Å². The molecular formula is C17H17Cl2N2O5P. The summed E-state index contributed by atoms with van der Waals surface area (Å²) in [5.41, 5.74) is 0.225. The Kier molecular flexibility index (Phi) is 7.66. The van der Waals surface area contributed by atoms with E-state index in [9.17, 15) is 9.59 Å². The molecule has 144 valence electrons. The lowest BCUT2D eigenvalue weighted by Gasteiger charge is -2.08. The molecule has 0 aliphatic carbocycles. The van der Waals surface area contributed by atoms with E-state index in [1.165, 1.54) is 16.6 Å². The molecule has 0 bridgehead atoms. The van der Waals surface area contributed by atoms with Crippen LogP contribution < -0.4 is 4.74 Å². The second-order valence-corrected chi connectivity index (χ2v) is 6.39. The van der Waals surface area contributed by atoms with Crippen LogP contribution in [0.3, 0.4) is 0 Å². The van der Waals surface area contributed by atoms with Crippen molar-refractivity contribution in [1.82, 2.24) is 9.55 Å². The number of esters is 2. The van der Waals surface area contributed by atoms with Gasteiger partial charge in [0, 0.05) is 16.1 Å². The molecule has 0 radical (unpaired) electrons. The normalized spacial score (nSPS) is 10.9. The van der Waals surface area contributed by atoms with Gasteiger partial charge in [-0.25, -0.2) is 14.0 Å². The average Bonchev–Trinajstić information content (AvgIpc) is 2.89. The van der Waals surface area contributed by atoms with Gasteiger partial charge in [-0.1, -0.05) is 23.2 Å². The smallest absolute Gasteiger partial charge is 0.359 e. The zero-order valence-corrected chi connectivity index (χ0v) is 17.2. The maximum atomic E-state index is 12.2. The lowest BCUT2D eigenvalue weighted by Crippen LogP contribution is -2.07. The summed E-state index contributed by atoms with van der Waals surface area (Å²) in [6.45, 7) is 3.76. The van der Waals surface area contributed by atoms with E-state index in [1.54, 1.807) is 32.0 Å². The van der Waals surface area contributed by atoms with E-state index in [0.29, 0.717) is 15.8 Å². The summed E-state index contributed by atoms with van der Waals surface area (Å²) >= 11 is 12.0. The molecule has 7 nitrogen and oxygen atoms in total. The van der Waals surface area contributed by atoms with Gasteiger partial charge in [0.25, 0.3) is 0 Å². The lowest BCUT2D eigenvalue weighted by atomic mass is 10.2. The first-order valence-electron chi connectivity index (χ1n) is 7.89. The second-order valence-electron chi connectivity index (χ2n) is 5.03. The van der Waals surface area contributed by atoms with Gasteiger partial charge < -0.3 is 14.2 Å². The largest absolute Gasteiger partial charge is 0.463 e. The van der Waals surface area contributed by atoms with E-state index < -0.39 is 11.9 Å². The molecule has 0 saturated carbocycles. The molecule has 1 aromatic carbocycles. The van der Waals surface area contributed by atoms with Crippen LogP contribution in [0, 0.1) is 0 Å². The van der Waals surface area contributed by atoms with Crippen molar-refractivity contribution >= 4 is 50.6 Å². The molecule has 0 amide bonds. The van der Waals surface area contributed by atoms with Crippen molar-refractivity contribution in [3.63, 3.8) is 0 Å². The van der Waals surface area contributed by atoms with E-state index >= 15 is 0 Å². The fourth-order valence-electron chi connectivity index (χ4n) is 2.07. The summed E-state index contributed by atoms with van der Waals surface area (Å²) in [5, 5.41) is 4.86. The molecule has 0 saturated heterocycles. The molecule has 1 atom stereocenters. The number of rotatable bonds is 7. The maximum absolute atomic E-state index is 12.2. The van der Waals surface area contributed by atoms with Crippen LogP contribution in [0.15, 0.2) is 24.3 Å². The predicted octanol–water partition coefficient (Wildman–Crippen LogP) is 4.37. The maximum Gasteiger partial charge on any atom is 0.359 e. The number of ether oxygens (including phenoxy) is 3. The first kappa shape index (κ1) is 21.2. The molecule has 0 aliphatic heterocycles. The summed E-state index contributed by atoms with van der Waals surface area (Å²) in [6.07, 6.45) is 2.55. The highest BCUT2D eigenvalue weighted by Gasteiger charge is 2.23. The molecule has 0 fully saturated rings. The first-order chi connectivity index (χ1) is 12.8. The zero-order chi connectivity index (χ0) is 20.0. The third-order valence-corrected chi connectivity index (χ3v) is 3.88. The Labute approximate surface area is 168 Å². The average molecular weight is 431 g/mol. The molecular weight excluding hydrogens is 414 g/mol. The van der Waals surface area contributed by atoms with Crippen molar-refractivity contribution in [1.29, 1.82) is 0 Å². The van der Waals surface area contributed by atoms with Crippen molar-refractivity contribution in [3.05, 3.63) is 45.6 Å². The highest BCUT2D eigenvalue weighted by molar-refractivity contribution is 7.14. The monoisotopic (exact) mass is 430 g/mol. The Morgan fingerprint density at radius 2 is 1.78 bits per heavy atom. The molecule has 1 heterocycles. The molecule has 1 aromatic heterocycles. The van der Waals surface area contributed by atoms with Gasteiger partial charge in [-0.05, 0) is 47.5 Å². The molecule has 1 unspecified atom stereocenters. The van der Waals surface area contributed by atoms with Gasteiger partial charge >= 0.3 is 11.9 Å². The summed E-state index contributed by atoms with van der Waals surface area (Å²) in [4.78, 5) is 23.9. The van der Waals surface area contributed by atoms with Gasteiger partial charge in [0.15, 0.2) is 5.69 Å². The van der Waals surface area contributed by atoms with Gasteiger partial charge in [0.05, 0.1) is 18.8 Å². The third kappa shape index (κ3) is 5.70. The Hall–Kier alpha value is -2.08. The van der Waals surface area contributed by atoms with Crippen molar-refractivity contribution in [2.75, 3.05) is 13.2 Å². The quantitative estimate of drug-likeness (QED) is 0.368. The Bertz CT molecular complexity index is 862. The Balaban J connectivity index is 2.48. The molecule has 2 aromatic rings. The van der Waals surface area contributed by atoms with Crippen LogP contribution in [0.1, 0.15) is 29.9 Å². The molecule has 0 aliphatic rings. The van der Waals surface area contributed by atoms with Crippen molar-refractivity contribution in [2.24, 2.45) is 0 Å². The summed E-state index contributed by atoms with van der Waals surface area (Å²) in [6, 6.07) is 4.65. The van der Waals surface area contributed by atoms with E-state index in [1.807, 2.05) is 0 Å². The van der Waals surface area contributed by atoms with Gasteiger partial charge in [0.2, 0.25) is 5.88 Å². The van der Waals surface area contributed by atoms with Crippen LogP contribution >= 0.6 is 32.6 Å². The Morgan fingerprint density at radius 1 is 1.15 bits per heavy atom. The minimum atomic E-state index is -0.656. The number of aromatic nitrogens is 2. The van der Waals surface area contributed by atoms with Gasteiger partial charge in [-0.15, -0.1) is 0 Å². The Morgan fingerprint density at radius 3 is 2.37 bits per heavy atom. The second kappa shape index (κ2) is 9.74. The summed E-state index contributed by atoms with van der Waals surface area (Å²) < 4.78 is 16.9. The number of halogens is 2. The molecule has 2 rings (SSSR count). The zero-order valence-electron chi connectivity index (χ0n) is 14.6. The van der Waals surface area contributed by atoms with Gasteiger partial charge in [-0.3, -0.25) is 0 Å². The molecule has 0 spiro atoms. The SMILES string of the molecule is CCOC(=O)/C=C/c1c(C(=O)OCC)nn(P)c1Oc1cc(Cl)cc(Cl)c1. The van der Waals surface area contributed by atoms with E-state index in [0.717, 1.165) is 0 Å².